The Hall–Kier alpha value is -0.990. The van der Waals surface area contributed by atoms with Crippen LogP contribution in [0.25, 0.3) is 0 Å². The van der Waals surface area contributed by atoms with Gasteiger partial charge in [-0.2, -0.15) is 5.10 Å². The lowest BCUT2D eigenvalue weighted by Gasteiger charge is -2.32. The fourth-order valence-electron chi connectivity index (χ4n) is 3.00. The summed E-state index contributed by atoms with van der Waals surface area (Å²) in [6.45, 7) is 9.03. The van der Waals surface area contributed by atoms with E-state index in [1.807, 2.05) is 10.9 Å². The van der Waals surface area contributed by atoms with E-state index in [1.165, 1.54) is 24.9 Å². The fourth-order valence-corrected chi connectivity index (χ4v) is 3.00. The van der Waals surface area contributed by atoms with Crippen molar-refractivity contribution in [2.75, 3.05) is 5.32 Å². The van der Waals surface area contributed by atoms with Crippen LogP contribution in [0.4, 0.5) is 5.69 Å². The molecule has 2 rings (SSSR count). The van der Waals surface area contributed by atoms with Crippen LogP contribution in [-0.4, -0.2) is 15.8 Å². The Labute approximate surface area is 105 Å². The standard InChI is InChI=1S/C14H25N3/c1-10(2)17-9-14(8-15-17)16-13-6-11(3)5-12(4)7-13/h8-13,16H,5-7H2,1-4H3. The monoisotopic (exact) mass is 235 g/mol. The van der Waals surface area contributed by atoms with E-state index >= 15 is 0 Å². The Balaban J connectivity index is 1.95. The maximum absolute atomic E-state index is 4.37. The van der Waals surface area contributed by atoms with Gasteiger partial charge in [-0.15, -0.1) is 0 Å². The zero-order valence-corrected chi connectivity index (χ0v) is 11.5. The number of aromatic nitrogens is 2. The van der Waals surface area contributed by atoms with Gasteiger partial charge < -0.3 is 5.32 Å². The Morgan fingerprint density at radius 2 is 1.88 bits per heavy atom. The zero-order chi connectivity index (χ0) is 12.4. The summed E-state index contributed by atoms with van der Waals surface area (Å²) in [4.78, 5) is 0. The fraction of sp³-hybridized carbons (Fsp3) is 0.786. The minimum atomic E-state index is 0.440. The first kappa shape index (κ1) is 12.5. The highest BCUT2D eigenvalue weighted by Gasteiger charge is 2.23. The zero-order valence-electron chi connectivity index (χ0n) is 11.5. The number of anilines is 1. The Bertz CT molecular complexity index is 346. The average molecular weight is 235 g/mol. The second kappa shape index (κ2) is 5.11. The van der Waals surface area contributed by atoms with Crippen molar-refractivity contribution in [3.8, 4) is 0 Å². The molecule has 2 unspecified atom stereocenters. The van der Waals surface area contributed by atoms with Gasteiger partial charge in [0.05, 0.1) is 11.9 Å². The molecule has 0 saturated heterocycles. The van der Waals surface area contributed by atoms with Crippen molar-refractivity contribution in [1.82, 2.24) is 9.78 Å². The van der Waals surface area contributed by atoms with Crippen LogP contribution in [0.3, 0.4) is 0 Å². The van der Waals surface area contributed by atoms with Crippen LogP contribution in [0.2, 0.25) is 0 Å². The van der Waals surface area contributed by atoms with Gasteiger partial charge in [-0.3, -0.25) is 4.68 Å². The molecule has 1 N–H and O–H groups in total. The van der Waals surface area contributed by atoms with Crippen molar-refractivity contribution in [3.05, 3.63) is 12.4 Å². The molecule has 3 heteroatoms. The van der Waals surface area contributed by atoms with Crippen LogP contribution in [-0.2, 0) is 0 Å². The van der Waals surface area contributed by atoms with Gasteiger partial charge in [-0.25, -0.2) is 0 Å². The third-order valence-electron chi connectivity index (χ3n) is 3.68. The average Bonchev–Trinajstić information content (AvgIpc) is 2.64. The number of nitrogens with one attached hydrogen (secondary N) is 1. The molecule has 0 bridgehead atoms. The quantitative estimate of drug-likeness (QED) is 0.865. The molecule has 1 aliphatic carbocycles. The van der Waals surface area contributed by atoms with Gasteiger partial charge in [-0.1, -0.05) is 13.8 Å². The van der Waals surface area contributed by atoms with Crippen LogP contribution in [0, 0.1) is 11.8 Å². The summed E-state index contributed by atoms with van der Waals surface area (Å²) in [5.74, 6) is 1.69. The number of rotatable bonds is 3. The number of hydrogen-bond donors (Lipinski definition) is 1. The molecule has 1 aliphatic rings. The minimum absolute atomic E-state index is 0.440. The highest BCUT2D eigenvalue weighted by Crippen LogP contribution is 2.30. The van der Waals surface area contributed by atoms with Crippen molar-refractivity contribution >= 4 is 5.69 Å². The molecular weight excluding hydrogens is 210 g/mol. The normalized spacial score (nSPS) is 29.6. The lowest BCUT2D eigenvalue weighted by atomic mass is 9.80. The third kappa shape index (κ3) is 3.24. The van der Waals surface area contributed by atoms with E-state index in [1.54, 1.807) is 0 Å². The van der Waals surface area contributed by atoms with Crippen molar-refractivity contribution < 1.29 is 0 Å². The highest BCUT2D eigenvalue weighted by atomic mass is 15.3. The van der Waals surface area contributed by atoms with Crippen LogP contribution >= 0.6 is 0 Å². The Morgan fingerprint density at radius 1 is 1.24 bits per heavy atom. The van der Waals surface area contributed by atoms with Gasteiger partial charge in [0.2, 0.25) is 0 Å². The molecule has 1 aromatic rings. The van der Waals surface area contributed by atoms with E-state index in [0.717, 1.165) is 11.8 Å². The maximum atomic E-state index is 4.37. The molecule has 0 aliphatic heterocycles. The van der Waals surface area contributed by atoms with Crippen molar-refractivity contribution in [1.29, 1.82) is 0 Å². The smallest absolute Gasteiger partial charge is 0.0728 e. The van der Waals surface area contributed by atoms with Gasteiger partial charge >= 0.3 is 0 Å². The van der Waals surface area contributed by atoms with Crippen molar-refractivity contribution in [2.24, 2.45) is 11.8 Å². The highest BCUT2D eigenvalue weighted by molar-refractivity contribution is 5.39. The number of nitrogens with zero attached hydrogens (tertiary/aromatic N) is 2. The third-order valence-corrected chi connectivity index (χ3v) is 3.68. The minimum Gasteiger partial charge on any atom is -0.380 e. The predicted molar refractivity (Wildman–Crippen MR) is 72.2 cm³/mol. The lowest BCUT2D eigenvalue weighted by Crippen LogP contribution is -2.30. The van der Waals surface area contributed by atoms with Crippen molar-refractivity contribution in [2.45, 2.75) is 59.0 Å². The molecule has 0 aromatic carbocycles. The molecule has 1 saturated carbocycles. The van der Waals surface area contributed by atoms with Crippen LogP contribution < -0.4 is 5.32 Å². The molecule has 3 nitrogen and oxygen atoms in total. The molecule has 1 fully saturated rings. The summed E-state index contributed by atoms with van der Waals surface area (Å²) in [7, 11) is 0. The first-order valence-electron chi connectivity index (χ1n) is 6.85. The summed E-state index contributed by atoms with van der Waals surface area (Å²) >= 11 is 0. The van der Waals surface area contributed by atoms with Crippen LogP contribution in [0.1, 0.15) is 53.0 Å². The van der Waals surface area contributed by atoms with Gasteiger partial charge in [-0.05, 0) is 44.9 Å². The molecule has 0 amide bonds. The van der Waals surface area contributed by atoms with E-state index < -0.39 is 0 Å². The van der Waals surface area contributed by atoms with E-state index in [0.29, 0.717) is 12.1 Å². The molecule has 1 aromatic heterocycles. The molecular formula is C14H25N3. The van der Waals surface area contributed by atoms with E-state index in [4.69, 9.17) is 0 Å². The van der Waals surface area contributed by atoms with E-state index in [2.05, 4.69) is 44.3 Å². The summed E-state index contributed by atoms with van der Waals surface area (Å²) in [6, 6.07) is 1.06. The van der Waals surface area contributed by atoms with E-state index in [-0.39, 0.29) is 0 Å². The largest absolute Gasteiger partial charge is 0.380 e. The first-order valence-corrected chi connectivity index (χ1v) is 6.85. The molecule has 1 heterocycles. The van der Waals surface area contributed by atoms with Crippen LogP contribution in [0.15, 0.2) is 12.4 Å². The van der Waals surface area contributed by atoms with Gasteiger partial charge in [0.15, 0.2) is 0 Å². The Kier molecular flexibility index (Phi) is 3.75. The molecule has 0 spiro atoms. The number of hydrogen-bond acceptors (Lipinski definition) is 2. The summed E-state index contributed by atoms with van der Waals surface area (Å²) in [5, 5.41) is 8.01. The Morgan fingerprint density at radius 3 is 2.41 bits per heavy atom. The van der Waals surface area contributed by atoms with Crippen LogP contribution in [0.5, 0.6) is 0 Å². The SMILES string of the molecule is CC1CC(C)CC(Nc2cnn(C(C)C)c2)C1. The van der Waals surface area contributed by atoms with Gasteiger partial charge in [0.1, 0.15) is 0 Å². The molecule has 96 valence electrons. The summed E-state index contributed by atoms with van der Waals surface area (Å²) < 4.78 is 2.01. The second-order valence-electron chi connectivity index (χ2n) is 6.06. The maximum Gasteiger partial charge on any atom is 0.0728 e. The lowest BCUT2D eigenvalue weighted by molar-refractivity contribution is 0.281. The molecule has 17 heavy (non-hydrogen) atoms. The molecule has 2 atom stereocenters. The van der Waals surface area contributed by atoms with E-state index in [9.17, 15) is 0 Å². The topological polar surface area (TPSA) is 29.9 Å². The summed E-state index contributed by atoms with van der Waals surface area (Å²) in [5.41, 5.74) is 1.17. The predicted octanol–water partition coefficient (Wildman–Crippen LogP) is 3.70. The second-order valence-corrected chi connectivity index (χ2v) is 6.06. The van der Waals surface area contributed by atoms with Crippen molar-refractivity contribution in [3.63, 3.8) is 0 Å². The van der Waals surface area contributed by atoms with Gasteiger partial charge in [0.25, 0.3) is 0 Å². The summed E-state index contributed by atoms with van der Waals surface area (Å²) in [6.07, 6.45) is 8.02. The molecule has 0 radical (unpaired) electrons. The first-order chi connectivity index (χ1) is 8.04. The van der Waals surface area contributed by atoms with Gasteiger partial charge in [0, 0.05) is 18.3 Å².